The Labute approximate surface area is 115 Å². The number of anilines is 2. The molecule has 0 unspecified atom stereocenters. The molecule has 0 atom stereocenters. The van der Waals surface area contributed by atoms with Gasteiger partial charge in [0.05, 0.1) is 4.92 Å². The first-order valence-electron chi connectivity index (χ1n) is 5.87. The molecule has 0 aliphatic rings. The number of amides is 1. The standard InChI is InChI=1S/C14H13N3O3/c1-16(11-5-3-2-4-6-11)14(18)10-7-8-13(17(19)20)12(15)9-10/h2-9H,15H2,1H3. The minimum absolute atomic E-state index is 0.0256. The lowest BCUT2D eigenvalue weighted by molar-refractivity contribution is -0.383. The number of nitro benzene ring substituents is 1. The van der Waals surface area contributed by atoms with Crippen LogP contribution in [-0.4, -0.2) is 17.9 Å². The maximum atomic E-state index is 12.3. The van der Waals surface area contributed by atoms with Crippen LogP contribution in [0.15, 0.2) is 48.5 Å². The third-order valence-electron chi connectivity index (χ3n) is 2.92. The highest BCUT2D eigenvalue weighted by molar-refractivity contribution is 6.06. The van der Waals surface area contributed by atoms with Gasteiger partial charge in [0.1, 0.15) is 5.69 Å². The summed E-state index contributed by atoms with van der Waals surface area (Å²) < 4.78 is 0. The van der Waals surface area contributed by atoms with Crippen LogP contribution in [0.4, 0.5) is 17.1 Å². The van der Waals surface area contributed by atoms with Crippen molar-refractivity contribution in [2.24, 2.45) is 0 Å². The molecule has 0 spiro atoms. The molecule has 0 bridgehead atoms. The topological polar surface area (TPSA) is 89.5 Å². The van der Waals surface area contributed by atoms with Gasteiger partial charge in [-0.25, -0.2) is 0 Å². The van der Waals surface area contributed by atoms with E-state index in [4.69, 9.17) is 5.73 Å². The lowest BCUT2D eigenvalue weighted by atomic mass is 10.1. The molecule has 0 radical (unpaired) electrons. The van der Waals surface area contributed by atoms with Crippen molar-refractivity contribution in [3.8, 4) is 0 Å². The quantitative estimate of drug-likeness (QED) is 0.527. The second kappa shape index (κ2) is 5.40. The highest BCUT2D eigenvalue weighted by atomic mass is 16.6. The van der Waals surface area contributed by atoms with Gasteiger partial charge in [-0.05, 0) is 24.3 Å². The molecule has 6 heteroatoms. The molecule has 0 aliphatic heterocycles. The zero-order valence-electron chi connectivity index (χ0n) is 10.8. The maximum absolute atomic E-state index is 12.3. The van der Waals surface area contributed by atoms with Crippen molar-refractivity contribution >= 4 is 23.0 Å². The van der Waals surface area contributed by atoms with E-state index in [0.29, 0.717) is 5.56 Å². The Hall–Kier alpha value is -2.89. The summed E-state index contributed by atoms with van der Waals surface area (Å²) in [7, 11) is 1.63. The van der Waals surface area contributed by atoms with E-state index in [1.807, 2.05) is 18.2 Å². The third-order valence-corrected chi connectivity index (χ3v) is 2.92. The van der Waals surface area contributed by atoms with Gasteiger partial charge in [-0.2, -0.15) is 0 Å². The number of rotatable bonds is 3. The van der Waals surface area contributed by atoms with Crippen LogP contribution in [0, 0.1) is 10.1 Å². The first-order valence-corrected chi connectivity index (χ1v) is 5.87. The number of nitrogen functional groups attached to an aromatic ring is 1. The van der Waals surface area contributed by atoms with E-state index in [-0.39, 0.29) is 17.3 Å². The van der Waals surface area contributed by atoms with Crippen molar-refractivity contribution in [1.29, 1.82) is 0 Å². The molecular weight excluding hydrogens is 258 g/mol. The van der Waals surface area contributed by atoms with Gasteiger partial charge in [0.2, 0.25) is 0 Å². The summed E-state index contributed by atoms with van der Waals surface area (Å²) in [5.41, 5.74) is 6.39. The number of nitrogens with two attached hydrogens (primary N) is 1. The number of carbonyl (C=O) groups is 1. The zero-order chi connectivity index (χ0) is 14.7. The Morgan fingerprint density at radius 3 is 2.40 bits per heavy atom. The molecule has 0 aliphatic carbocycles. The van der Waals surface area contributed by atoms with Gasteiger partial charge < -0.3 is 10.6 Å². The second-order valence-electron chi connectivity index (χ2n) is 4.23. The summed E-state index contributed by atoms with van der Waals surface area (Å²) in [5, 5.41) is 10.7. The van der Waals surface area contributed by atoms with Crippen molar-refractivity contribution in [3.63, 3.8) is 0 Å². The minimum Gasteiger partial charge on any atom is -0.393 e. The van der Waals surface area contributed by atoms with Crippen molar-refractivity contribution in [3.05, 3.63) is 64.2 Å². The number of para-hydroxylation sites is 1. The average Bonchev–Trinajstić information content (AvgIpc) is 2.46. The summed E-state index contributed by atoms with van der Waals surface area (Å²) in [5.74, 6) is -0.280. The van der Waals surface area contributed by atoms with Gasteiger partial charge in [0.25, 0.3) is 11.6 Å². The van der Waals surface area contributed by atoms with Gasteiger partial charge in [-0.1, -0.05) is 18.2 Å². The molecule has 0 heterocycles. The normalized spacial score (nSPS) is 10.1. The molecule has 2 rings (SSSR count). The number of nitro groups is 1. The Bertz CT molecular complexity index is 656. The van der Waals surface area contributed by atoms with Crippen molar-refractivity contribution in [2.45, 2.75) is 0 Å². The van der Waals surface area contributed by atoms with E-state index in [1.54, 1.807) is 19.2 Å². The van der Waals surface area contributed by atoms with Gasteiger partial charge in [0, 0.05) is 24.4 Å². The van der Waals surface area contributed by atoms with Crippen LogP contribution in [0.2, 0.25) is 0 Å². The van der Waals surface area contributed by atoms with Gasteiger partial charge >= 0.3 is 0 Å². The van der Waals surface area contributed by atoms with Crippen LogP contribution in [0.3, 0.4) is 0 Å². The number of carbonyl (C=O) groups excluding carboxylic acids is 1. The van der Waals surface area contributed by atoms with Crippen LogP contribution in [0.5, 0.6) is 0 Å². The number of nitrogens with zero attached hydrogens (tertiary/aromatic N) is 2. The fourth-order valence-electron chi connectivity index (χ4n) is 1.82. The summed E-state index contributed by atoms with van der Waals surface area (Å²) in [6.45, 7) is 0. The predicted molar refractivity (Wildman–Crippen MR) is 76.7 cm³/mol. The van der Waals surface area contributed by atoms with Crippen molar-refractivity contribution in [1.82, 2.24) is 0 Å². The smallest absolute Gasteiger partial charge is 0.292 e. The van der Waals surface area contributed by atoms with Crippen LogP contribution in [-0.2, 0) is 0 Å². The lowest BCUT2D eigenvalue weighted by Crippen LogP contribution is -2.26. The van der Waals surface area contributed by atoms with Crippen LogP contribution in [0.25, 0.3) is 0 Å². The Kier molecular flexibility index (Phi) is 3.65. The zero-order valence-corrected chi connectivity index (χ0v) is 10.8. The molecule has 2 aromatic carbocycles. The Morgan fingerprint density at radius 1 is 1.20 bits per heavy atom. The lowest BCUT2D eigenvalue weighted by Gasteiger charge is -2.17. The summed E-state index contributed by atoms with van der Waals surface area (Å²) >= 11 is 0. The van der Waals surface area contributed by atoms with E-state index in [2.05, 4.69) is 0 Å². The van der Waals surface area contributed by atoms with Crippen molar-refractivity contribution < 1.29 is 9.72 Å². The average molecular weight is 271 g/mol. The van der Waals surface area contributed by atoms with Gasteiger partial charge in [-0.15, -0.1) is 0 Å². The molecule has 0 saturated carbocycles. The molecule has 1 amide bonds. The van der Waals surface area contributed by atoms with E-state index >= 15 is 0 Å². The number of hydrogen-bond donors (Lipinski definition) is 1. The SMILES string of the molecule is CN(C(=O)c1ccc([N+](=O)[O-])c(N)c1)c1ccccc1. The highest BCUT2D eigenvalue weighted by Gasteiger charge is 2.17. The number of benzene rings is 2. The van der Waals surface area contributed by atoms with Crippen LogP contribution in [0.1, 0.15) is 10.4 Å². The largest absolute Gasteiger partial charge is 0.393 e. The molecule has 0 fully saturated rings. The molecule has 6 nitrogen and oxygen atoms in total. The fraction of sp³-hybridized carbons (Fsp3) is 0.0714. The summed E-state index contributed by atoms with van der Waals surface area (Å²) in [6, 6.07) is 13.1. The molecule has 0 saturated heterocycles. The molecule has 0 aromatic heterocycles. The van der Waals surface area contributed by atoms with Crippen LogP contribution < -0.4 is 10.6 Å². The van der Waals surface area contributed by atoms with Gasteiger partial charge in [-0.3, -0.25) is 14.9 Å². The predicted octanol–water partition coefficient (Wildman–Crippen LogP) is 2.45. The first-order chi connectivity index (χ1) is 9.50. The molecule has 2 aromatic rings. The third kappa shape index (κ3) is 2.59. The van der Waals surface area contributed by atoms with E-state index in [1.165, 1.54) is 23.1 Å². The summed E-state index contributed by atoms with van der Waals surface area (Å²) in [4.78, 5) is 23.8. The molecule has 2 N–H and O–H groups in total. The molecule has 102 valence electrons. The van der Waals surface area contributed by atoms with Gasteiger partial charge in [0.15, 0.2) is 0 Å². The summed E-state index contributed by atoms with van der Waals surface area (Å²) in [6.07, 6.45) is 0. The Morgan fingerprint density at radius 2 is 1.85 bits per heavy atom. The van der Waals surface area contributed by atoms with Crippen LogP contribution >= 0.6 is 0 Å². The maximum Gasteiger partial charge on any atom is 0.292 e. The van der Waals surface area contributed by atoms with Crippen molar-refractivity contribution in [2.75, 3.05) is 17.7 Å². The van der Waals surface area contributed by atoms with E-state index in [9.17, 15) is 14.9 Å². The molecule has 20 heavy (non-hydrogen) atoms. The Balaban J connectivity index is 2.30. The second-order valence-corrected chi connectivity index (χ2v) is 4.23. The van der Waals surface area contributed by atoms with E-state index < -0.39 is 4.92 Å². The highest BCUT2D eigenvalue weighted by Crippen LogP contribution is 2.23. The minimum atomic E-state index is -0.579. The first kappa shape index (κ1) is 13.5. The fourth-order valence-corrected chi connectivity index (χ4v) is 1.82. The molecular formula is C14H13N3O3. The number of hydrogen-bond acceptors (Lipinski definition) is 4. The monoisotopic (exact) mass is 271 g/mol. The van der Waals surface area contributed by atoms with E-state index in [0.717, 1.165) is 5.69 Å².